The molecule has 0 aromatic heterocycles. The second-order valence-corrected chi connectivity index (χ2v) is 5.01. The van der Waals surface area contributed by atoms with Crippen molar-refractivity contribution >= 4 is 0 Å². The van der Waals surface area contributed by atoms with Crippen molar-refractivity contribution in [3.05, 3.63) is 47.0 Å². The van der Waals surface area contributed by atoms with E-state index in [1.807, 2.05) is 0 Å². The van der Waals surface area contributed by atoms with Gasteiger partial charge >= 0.3 is 0 Å². The van der Waals surface area contributed by atoms with Gasteiger partial charge in [-0.3, -0.25) is 0 Å². The molecule has 1 aromatic carbocycles. The van der Waals surface area contributed by atoms with E-state index in [1.165, 1.54) is 22.3 Å². The summed E-state index contributed by atoms with van der Waals surface area (Å²) in [6.45, 7) is 13.7. The van der Waals surface area contributed by atoms with Crippen LogP contribution >= 0.6 is 0 Å². The average molecular weight is 231 g/mol. The molecule has 94 valence electrons. The van der Waals surface area contributed by atoms with Gasteiger partial charge in [0.25, 0.3) is 0 Å². The molecule has 0 spiro atoms. The van der Waals surface area contributed by atoms with Crippen molar-refractivity contribution < 1.29 is 0 Å². The second-order valence-electron chi connectivity index (χ2n) is 5.01. The van der Waals surface area contributed by atoms with Gasteiger partial charge in [0.15, 0.2) is 0 Å². The first-order valence-electron chi connectivity index (χ1n) is 6.49. The summed E-state index contributed by atoms with van der Waals surface area (Å²) in [6.07, 6.45) is 2.18. The van der Waals surface area contributed by atoms with Crippen LogP contribution in [0, 0.1) is 13.8 Å². The summed E-state index contributed by atoms with van der Waals surface area (Å²) in [5.41, 5.74) is 5.34. The average Bonchev–Trinajstić information content (AvgIpc) is 2.27. The molecule has 0 aliphatic carbocycles. The molecule has 1 N–H and O–H groups in total. The van der Waals surface area contributed by atoms with E-state index < -0.39 is 0 Å². The lowest BCUT2D eigenvalue weighted by molar-refractivity contribution is 0.527. The van der Waals surface area contributed by atoms with Crippen LogP contribution in [-0.4, -0.2) is 6.54 Å². The molecule has 1 unspecified atom stereocenters. The Bertz CT molecular complexity index is 379. The second kappa shape index (κ2) is 6.61. The Kier molecular flexibility index (Phi) is 5.43. The first-order valence-corrected chi connectivity index (χ1v) is 6.49. The molecule has 0 bridgehead atoms. The summed E-state index contributed by atoms with van der Waals surface area (Å²) in [6, 6.07) is 7.15. The molecule has 0 heterocycles. The van der Waals surface area contributed by atoms with Crippen LogP contribution in [0.5, 0.6) is 0 Å². The summed E-state index contributed by atoms with van der Waals surface area (Å²) in [7, 11) is 0. The molecule has 0 aliphatic rings. The summed E-state index contributed by atoms with van der Waals surface area (Å²) in [4.78, 5) is 0. The third-order valence-electron chi connectivity index (χ3n) is 3.13. The van der Waals surface area contributed by atoms with Gasteiger partial charge in [0.05, 0.1) is 0 Å². The van der Waals surface area contributed by atoms with Crippen molar-refractivity contribution in [2.24, 2.45) is 0 Å². The predicted molar refractivity (Wildman–Crippen MR) is 76.4 cm³/mol. The Morgan fingerprint density at radius 3 is 2.53 bits per heavy atom. The van der Waals surface area contributed by atoms with Crippen LogP contribution in [0.15, 0.2) is 30.4 Å². The predicted octanol–water partition coefficient (Wildman–Crippen LogP) is 4.31. The van der Waals surface area contributed by atoms with Gasteiger partial charge < -0.3 is 5.32 Å². The van der Waals surface area contributed by atoms with Gasteiger partial charge in [-0.25, -0.2) is 0 Å². The van der Waals surface area contributed by atoms with Crippen LogP contribution in [-0.2, 0) is 0 Å². The van der Waals surface area contributed by atoms with E-state index in [0.29, 0.717) is 6.04 Å². The molecule has 0 radical (unpaired) electrons. The van der Waals surface area contributed by atoms with Gasteiger partial charge in [-0.15, -0.1) is 6.58 Å². The van der Waals surface area contributed by atoms with Gasteiger partial charge in [0, 0.05) is 6.04 Å². The zero-order chi connectivity index (χ0) is 12.8. The highest BCUT2D eigenvalue weighted by Gasteiger charge is 2.11. The maximum atomic E-state index is 4.03. The molecule has 0 aliphatic heterocycles. The minimum atomic E-state index is 0.409. The fourth-order valence-electron chi connectivity index (χ4n) is 1.96. The van der Waals surface area contributed by atoms with Gasteiger partial charge in [-0.1, -0.05) is 30.7 Å². The van der Waals surface area contributed by atoms with Crippen molar-refractivity contribution in [1.29, 1.82) is 0 Å². The minimum Gasteiger partial charge on any atom is -0.310 e. The van der Waals surface area contributed by atoms with E-state index in [2.05, 4.69) is 57.8 Å². The molecule has 17 heavy (non-hydrogen) atoms. The fourth-order valence-corrected chi connectivity index (χ4v) is 1.96. The largest absolute Gasteiger partial charge is 0.310 e. The van der Waals surface area contributed by atoms with Crippen LogP contribution in [0.3, 0.4) is 0 Å². The summed E-state index contributed by atoms with van der Waals surface area (Å²) in [5, 5.41) is 3.60. The van der Waals surface area contributed by atoms with E-state index in [0.717, 1.165) is 19.4 Å². The maximum absolute atomic E-state index is 4.03. The fraction of sp³-hybridized carbons (Fsp3) is 0.500. The van der Waals surface area contributed by atoms with Crippen LogP contribution in [0.1, 0.15) is 49.4 Å². The molecule has 0 saturated heterocycles. The number of benzene rings is 1. The van der Waals surface area contributed by atoms with E-state index in [4.69, 9.17) is 0 Å². The smallest absolute Gasteiger partial charge is 0.0357 e. The van der Waals surface area contributed by atoms with Crippen molar-refractivity contribution in [1.82, 2.24) is 5.32 Å². The molecule has 1 aromatic rings. The Morgan fingerprint density at radius 1 is 1.29 bits per heavy atom. The third kappa shape index (κ3) is 4.35. The molecule has 0 saturated carbocycles. The highest BCUT2D eigenvalue weighted by molar-refractivity contribution is 5.32. The van der Waals surface area contributed by atoms with Crippen LogP contribution < -0.4 is 5.32 Å². The van der Waals surface area contributed by atoms with E-state index >= 15 is 0 Å². The summed E-state index contributed by atoms with van der Waals surface area (Å²) < 4.78 is 0. The quantitative estimate of drug-likeness (QED) is 0.719. The highest BCUT2D eigenvalue weighted by Crippen LogP contribution is 2.22. The lowest BCUT2D eigenvalue weighted by Crippen LogP contribution is -2.22. The first kappa shape index (κ1) is 14.0. The lowest BCUT2D eigenvalue weighted by atomic mass is 9.97. The molecule has 1 rings (SSSR count). The maximum Gasteiger partial charge on any atom is 0.0357 e. The van der Waals surface area contributed by atoms with E-state index in [9.17, 15) is 0 Å². The van der Waals surface area contributed by atoms with Gasteiger partial charge in [-0.2, -0.15) is 0 Å². The Hall–Kier alpha value is -1.08. The molecule has 0 fully saturated rings. The number of aryl methyl sites for hydroxylation is 2. The monoisotopic (exact) mass is 231 g/mol. The van der Waals surface area contributed by atoms with Crippen molar-refractivity contribution in [2.75, 3.05) is 6.54 Å². The van der Waals surface area contributed by atoms with Crippen LogP contribution in [0.25, 0.3) is 0 Å². The van der Waals surface area contributed by atoms with Gasteiger partial charge in [-0.05, 0) is 56.8 Å². The zero-order valence-corrected chi connectivity index (χ0v) is 11.6. The van der Waals surface area contributed by atoms with Gasteiger partial charge in [0.2, 0.25) is 0 Å². The van der Waals surface area contributed by atoms with E-state index in [-0.39, 0.29) is 0 Å². The number of rotatable bonds is 6. The lowest BCUT2D eigenvalue weighted by Gasteiger charge is -2.20. The molecular weight excluding hydrogens is 206 g/mol. The first-order chi connectivity index (χ1) is 8.04. The highest BCUT2D eigenvalue weighted by atomic mass is 14.9. The molecular formula is C16H25N. The van der Waals surface area contributed by atoms with Crippen molar-refractivity contribution in [3.63, 3.8) is 0 Å². The molecule has 1 nitrogen and oxygen atoms in total. The molecule has 1 atom stereocenters. The molecule has 0 amide bonds. The Morgan fingerprint density at radius 2 is 2.00 bits per heavy atom. The minimum absolute atomic E-state index is 0.409. The van der Waals surface area contributed by atoms with Crippen molar-refractivity contribution in [3.8, 4) is 0 Å². The molecule has 1 heteroatoms. The number of hydrogen-bond donors (Lipinski definition) is 1. The van der Waals surface area contributed by atoms with Crippen molar-refractivity contribution in [2.45, 2.75) is 46.6 Å². The topological polar surface area (TPSA) is 12.0 Å². The van der Waals surface area contributed by atoms with Gasteiger partial charge in [0.1, 0.15) is 0 Å². The Balaban J connectivity index is 2.86. The summed E-state index contributed by atoms with van der Waals surface area (Å²) in [5.74, 6) is 0. The number of nitrogens with one attached hydrogen (secondary N) is 1. The SMILES string of the molecule is C=C(C)CC(NCCC)c1ccc(C)c(C)c1. The normalized spacial score (nSPS) is 12.5. The van der Waals surface area contributed by atoms with Crippen LogP contribution in [0.4, 0.5) is 0 Å². The Labute approximate surface area is 106 Å². The summed E-state index contributed by atoms with van der Waals surface area (Å²) >= 11 is 0. The standard InChI is InChI=1S/C16H25N/c1-6-9-17-16(10-12(2)3)15-8-7-13(4)14(5)11-15/h7-8,11,16-17H,2,6,9-10H2,1,3-5H3. The van der Waals surface area contributed by atoms with Crippen LogP contribution in [0.2, 0.25) is 0 Å². The number of hydrogen-bond acceptors (Lipinski definition) is 1. The third-order valence-corrected chi connectivity index (χ3v) is 3.13. The zero-order valence-electron chi connectivity index (χ0n) is 11.6. The van der Waals surface area contributed by atoms with E-state index in [1.54, 1.807) is 0 Å².